The first kappa shape index (κ1) is 22.7. The molecule has 1 saturated heterocycles. The number of hydrogen-bond acceptors (Lipinski definition) is 5. The monoisotopic (exact) mass is 430 g/mol. The summed E-state index contributed by atoms with van der Waals surface area (Å²) in [5, 5.41) is 16.5. The van der Waals surface area contributed by atoms with Gasteiger partial charge >= 0.3 is 6.03 Å². The summed E-state index contributed by atoms with van der Waals surface area (Å²) >= 11 is 0. The van der Waals surface area contributed by atoms with E-state index in [1.165, 1.54) is 12.1 Å². The van der Waals surface area contributed by atoms with E-state index in [9.17, 15) is 24.5 Å². The third kappa shape index (κ3) is 4.40. The Balaban J connectivity index is 1.65. The first-order valence-corrected chi connectivity index (χ1v) is 10.7. The molecule has 9 nitrogen and oxygen atoms in total. The fourth-order valence-corrected chi connectivity index (χ4v) is 4.57. The number of nitrogens with zero attached hydrogens (tertiary/aromatic N) is 2. The molecule has 2 fully saturated rings. The van der Waals surface area contributed by atoms with Crippen LogP contribution in [0, 0.1) is 28.4 Å². The average molecular weight is 431 g/mol. The van der Waals surface area contributed by atoms with Crippen LogP contribution < -0.4 is 10.6 Å². The number of urea groups is 1. The predicted octanol–water partition coefficient (Wildman–Crippen LogP) is 3.76. The molecule has 31 heavy (non-hydrogen) atoms. The van der Waals surface area contributed by atoms with Crippen molar-refractivity contribution in [3.63, 3.8) is 0 Å². The maximum atomic E-state index is 13.1. The lowest BCUT2D eigenvalue weighted by molar-refractivity contribution is -0.385. The van der Waals surface area contributed by atoms with Gasteiger partial charge < -0.3 is 10.6 Å². The standard InChI is InChI=1S/C22H30N4O5/c1-5-21(3,4)15-8-10-22(11-9-15)19(28)25(20(29)24-22)13-18(27)23-16-7-6-14(2)17(12-16)26(30)31/h6-7,12,15H,5,8-11,13H2,1-4H3,(H,23,27)(H,24,29). The second-order valence-electron chi connectivity index (χ2n) is 9.33. The Morgan fingerprint density at radius 2 is 1.97 bits per heavy atom. The van der Waals surface area contributed by atoms with Crippen LogP contribution in [-0.4, -0.2) is 39.8 Å². The quantitative estimate of drug-likeness (QED) is 0.404. The van der Waals surface area contributed by atoms with Gasteiger partial charge in [-0.15, -0.1) is 0 Å². The molecule has 1 heterocycles. The summed E-state index contributed by atoms with van der Waals surface area (Å²) in [6, 6.07) is 3.78. The van der Waals surface area contributed by atoms with Gasteiger partial charge in [-0.05, 0) is 50.0 Å². The Labute approximate surface area is 181 Å². The van der Waals surface area contributed by atoms with Crippen molar-refractivity contribution in [2.75, 3.05) is 11.9 Å². The van der Waals surface area contributed by atoms with Gasteiger partial charge in [0, 0.05) is 17.3 Å². The molecule has 0 unspecified atom stereocenters. The first-order chi connectivity index (χ1) is 14.5. The van der Waals surface area contributed by atoms with E-state index in [0.29, 0.717) is 24.3 Å². The second-order valence-corrected chi connectivity index (χ2v) is 9.33. The number of hydrogen-bond donors (Lipinski definition) is 2. The number of aryl methyl sites for hydroxylation is 1. The number of anilines is 1. The maximum absolute atomic E-state index is 13.1. The number of imide groups is 1. The van der Waals surface area contributed by atoms with Crippen LogP contribution in [-0.2, 0) is 9.59 Å². The lowest BCUT2D eigenvalue weighted by atomic mass is 9.65. The van der Waals surface area contributed by atoms with Crippen LogP contribution >= 0.6 is 0 Å². The van der Waals surface area contributed by atoms with Crippen LogP contribution in [0.15, 0.2) is 18.2 Å². The van der Waals surface area contributed by atoms with Crippen molar-refractivity contribution in [2.24, 2.45) is 11.3 Å². The number of benzene rings is 1. The summed E-state index contributed by atoms with van der Waals surface area (Å²) in [7, 11) is 0. The lowest BCUT2D eigenvalue weighted by Crippen LogP contribution is -2.51. The second kappa shape index (κ2) is 8.28. The van der Waals surface area contributed by atoms with Gasteiger partial charge in [-0.3, -0.25) is 24.6 Å². The number of nitrogens with one attached hydrogen (secondary N) is 2. The molecular formula is C22H30N4O5. The summed E-state index contributed by atoms with van der Waals surface area (Å²) < 4.78 is 0. The van der Waals surface area contributed by atoms with Crippen LogP contribution in [0.2, 0.25) is 0 Å². The largest absolute Gasteiger partial charge is 0.325 e. The molecule has 1 saturated carbocycles. The molecule has 1 aliphatic heterocycles. The highest BCUT2D eigenvalue weighted by atomic mass is 16.6. The third-order valence-electron chi connectivity index (χ3n) is 7.09. The van der Waals surface area contributed by atoms with Gasteiger partial charge in [0.15, 0.2) is 0 Å². The molecule has 1 spiro atoms. The number of rotatable bonds is 6. The zero-order valence-corrected chi connectivity index (χ0v) is 18.5. The van der Waals surface area contributed by atoms with Gasteiger partial charge in [-0.2, -0.15) is 0 Å². The summed E-state index contributed by atoms with van der Waals surface area (Å²) in [4.78, 5) is 49.5. The Morgan fingerprint density at radius 3 is 2.55 bits per heavy atom. The smallest absolute Gasteiger partial charge is 0.324 e. The Bertz CT molecular complexity index is 918. The summed E-state index contributed by atoms with van der Waals surface area (Å²) in [6.45, 7) is 7.80. The molecule has 3 rings (SSSR count). The number of carbonyl (C=O) groups is 3. The molecule has 9 heteroatoms. The van der Waals surface area contributed by atoms with Crippen molar-refractivity contribution >= 4 is 29.2 Å². The molecule has 1 aromatic carbocycles. The summed E-state index contributed by atoms with van der Waals surface area (Å²) in [6.07, 6.45) is 3.87. The highest BCUT2D eigenvalue weighted by Gasteiger charge is 2.53. The molecular weight excluding hydrogens is 400 g/mol. The van der Waals surface area contributed by atoms with Crippen LogP contribution in [0.4, 0.5) is 16.2 Å². The summed E-state index contributed by atoms with van der Waals surface area (Å²) in [5.41, 5.74) is -0.144. The van der Waals surface area contributed by atoms with E-state index >= 15 is 0 Å². The normalized spacial score (nSPS) is 23.7. The molecule has 1 aliphatic carbocycles. The third-order valence-corrected chi connectivity index (χ3v) is 7.09. The van der Waals surface area contributed by atoms with E-state index in [2.05, 4.69) is 31.4 Å². The molecule has 0 bridgehead atoms. The van der Waals surface area contributed by atoms with E-state index in [1.807, 2.05) is 0 Å². The fourth-order valence-electron chi connectivity index (χ4n) is 4.57. The molecule has 1 aromatic rings. The van der Waals surface area contributed by atoms with E-state index < -0.39 is 28.9 Å². The number of amides is 4. The van der Waals surface area contributed by atoms with Crippen LogP contribution in [0.25, 0.3) is 0 Å². The minimum atomic E-state index is -0.930. The van der Waals surface area contributed by atoms with Crippen LogP contribution in [0.5, 0.6) is 0 Å². The molecule has 0 aromatic heterocycles. The van der Waals surface area contributed by atoms with E-state index in [4.69, 9.17) is 0 Å². The van der Waals surface area contributed by atoms with Gasteiger partial charge in [0.2, 0.25) is 5.91 Å². The summed E-state index contributed by atoms with van der Waals surface area (Å²) in [5.74, 6) is -0.461. The van der Waals surface area contributed by atoms with Crippen molar-refractivity contribution < 1.29 is 19.3 Å². The van der Waals surface area contributed by atoms with Crippen molar-refractivity contribution in [1.82, 2.24) is 10.2 Å². The lowest BCUT2D eigenvalue weighted by Gasteiger charge is -2.42. The van der Waals surface area contributed by atoms with Crippen LogP contribution in [0.3, 0.4) is 0 Å². The van der Waals surface area contributed by atoms with E-state index in [1.54, 1.807) is 13.0 Å². The van der Waals surface area contributed by atoms with Gasteiger partial charge in [-0.25, -0.2) is 4.79 Å². The fraction of sp³-hybridized carbons (Fsp3) is 0.591. The molecule has 4 amide bonds. The zero-order valence-electron chi connectivity index (χ0n) is 18.5. The van der Waals surface area contributed by atoms with Crippen molar-refractivity contribution in [2.45, 2.75) is 65.3 Å². The highest BCUT2D eigenvalue weighted by molar-refractivity contribution is 6.10. The molecule has 2 N–H and O–H groups in total. The van der Waals surface area contributed by atoms with Crippen molar-refractivity contribution in [3.05, 3.63) is 33.9 Å². The van der Waals surface area contributed by atoms with Gasteiger partial charge in [0.05, 0.1) is 4.92 Å². The van der Waals surface area contributed by atoms with E-state index in [-0.39, 0.29) is 22.7 Å². The first-order valence-electron chi connectivity index (χ1n) is 10.7. The minimum Gasteiger partial charge on any atom is -0.324 e. The number of nitro groups is 1. The maximum Gasteiger partial charge on any atom is 0.325 e. The van der Waals surface area contributed by atoms with Gasteiger partial charge in [-0.1, -0.05) is 33.3 Å². The minimum absolute atomic E-state index is 0.112. The number of carbonyl (C=O) groups excluding carboxylic acids is 3. The molecule has 2 aliphatic rings. The van der Waals surface area contributed by atoms with Gasteiger partial charge in [0.1, 0.15) is 12.1 Å². The SMILES string of the molecule is CCC(C)(C)C1CCC2(CC1)NC(=O)N(CC(=O)Nc1ccc(C)c([N+](=O)[O-])c1)C2=O. The topological polar surface area (TPSA) is 122 Å². The van der Waals surface area contributed by atoms with Gasteiger partial charge in [0.25, 0.3) is 11.6 Å². The Hall–Kier alpha value is -2.97. The Kier molecular flexibility index (Phi) is 6.07. The predicted molar refractivity (Wildman–Crippen MR) is 115 cm³/mol. The van der Waals surface area contributed by atoms with E-state index in [0.717, 1.165) is 24.2 Å². The van der Waals surface area contributed by atoms with Crippen LogP contribution in [0.1, 0.15) is 58.4 Å². The average Bonchev–Trinajstić information content (AvgIpc) is 2.93. The Morgan fingerprint density at radius 1 is 1.32 bits per heavy atom. The molecule has 0 atom stereocenters. The molecule has 0 radical (unpaired) electrons. The number of nitro benzene ring substituents is 1. The highest BCUT2D eigenvalue weighted by Crippen LogP contribution is 2.45. The zero-order chi connectivity index (χ0) is 23.0. The molecule has 168 valence electrons. The van der Waals surface area contributed by atoms with Crippen molar-refractivity contribution in [3.8, 4) is 0 Å². The van der Waals surface area contributed by atoms with Crippen molar-refractivity contribution in [1.29, 1.82) is 0 Å².